The molecule has 0 radical (unpaired) electrons. The number of hydrogen-bond donors (Lipinski definition) is 1. The van der Waals surface area contributed by atoms with E-state index < -0.39 is 15.9 Å². The first-order chi connectivity index (χ1) is 13.7. The summed E-state index contributed by atoms with van der Waals surface area (Å²) in [4.78, 5) is 12.4. The van der Waals surface area contributed by atoms with Gasteiger partial charge in [0.15, 0.2) is 0 Å². The van der Waals surface area contributed by atoms with Gasteiger partial charge in [-0.1, -0.05) is 19.1 Å². The van der Waals surface area contributed by atoms with Gasteiger partial charge in [0, 0.05) is 0 Å². The Hall–Kier alpha value is -2.74. The topological polar surface area (TPSA) is 84.9 Å². The molecule has 0 fully saturated rings. The summed E-state index contributed by atoms with van der Waals surface area (Å²) in [5.74, 6) is 0.980. The van der Waals surface area contributed by atoms with E-state index in [0.29, 0.717) is 11.4 Å². The van der Waals surface area contributed by atoms with E-state index in [-0.39, 0.29) is 19.2 Å². The van der Waals surface area contributed by atoms with Gasteiger partial charge in [-0.2, -0.15) is 0 Å². The Bertz CT molecular complexity index is 896. The highest BCUT2D eigenvalue weighted by Crippen LogP contribution is 2.19. The van der Waals surface area contributed by atoms with Gasteiger partial charge in [-0.05, 0) is 55.3 Å². The molecule has 29 heavy (non-hydrogen) atoms. The van der Waals surface area contributed by atoms with Gasteiger partial charge in [-0.3, -0.25) is 9.10 Å². The largest absolute Gasteiger partial charge is 0.497 e. The van der Waals surface area contributed by atoms with E-state index in [0.717, 1.165) is 28.3 Å². The minimum absolute atomic E-state index is 0.252. The number of carbonyl (C=O) groups is 1. The van der Waals surface area contributed by atoms with Crippen LogP contribution in [0.4, 0.5) is 5.69 Å². The molecule has 0 aliphatic carbocycles. The third-order valence-electron chi connectivity index (χ3n) is 4.29. The molecule has 0 aliphatic heterocycles. The number of benzene rings is 2. The van der Waals surface area contributed by atoms with Crippen molar-refractivity contribution in [2.24, 2.45) is 0 Å². The number of ether oxygens (including phenoxy) is 2. The van der Waals surface area contributed by atoms with Crippen molar-refractivity contribution in [1.29, 1.82) is 0 Å². The molecule has 2 aromatic carbocycles. The predicted octanol–water partition coefficient (Wildman–Crippen LogP) is 2.61. The molecule has 7 nitrogen and oxygen atoms in total. The van der Waals surface area contributed by atoms with Crippen molar-refractivity contribution in [3.8, 4) is 11.5 Å². The van der Waals surface area contributed by atoms with Crippen molar-refractivity contribution in [2.75, 3.05) is 30.8 Å². The fourth-order valence-electron chi connectivity index (χ4n) is 2.68. The van der Waals surface area contributed by atoms with Crippen molar-refractivity contribution in [3.05, 3.63) is 54.1 Å². The summed E-state index contributed by atoms with van der Waals surface area (Å²) in [6.45, 7) is 3.77. The van der Waals surface area contributed by atoms with Crippen LogP contribution in [-0.2, 0) is 21.2 Å². The van der Waals surface area contributed by atoms with E-state index in [2.05, 4.69) is 5.32 Å². The molecule has 0 heterocycles. The van der Waals surface area contributed by atoms with Gasteiger partial charge < -0.3 is 14.8 Å². The van der Waals surface area contributed by atoms with Crippen LogP contribution in [-0.4, -0.2) is 46.9 Å². The highest BCUT2D eigenvalue weighted by atomic mass is 32.2. The Morgan fingerprint density at radius 3 is 2.17 bits per heavy atom. The number of rotatable bonds is 10. The number of nitrogens with zero attached hydrogens (tertiary/aromatic N) is 1. The molecule has 2 aromatic rings. The SMILES string of the molecule is CCc1ccc(N(CC(=O)NC(C)COc2ccc(OC)cc2)S(C)(=O)=O)cc1. The molecule has 1 amide bonds. The summed E-state index contributed by atoms with van der Waals surface area (Å²) in [5.41, 5.74) is 1.55. The number of sulfonamides is 1. The first-order valence-electron chi connectivity index (χ1n) is 9.35. The summed E-state index contributed by atoms with van der Waals surface area (Å²) in [6.07, 6.45) is 1.94. The molecule has 8 heteroatoms. The maximum Gasteiger partial charge on any atom is 0.241 e. The first-order valence-corrected chi connectivity index (χ1v) is 11.2. The van der Waals surface area contributed by atoms with Crippen molar-refractivity contribution >= 4 is 21.6 Å². The summed E-state index contributed by atoms with van der Waals surface area (Å²) >= 11 is 0. The summed E-state index contributed by atoms with van der Waals surface area (Å²) in [5, 5.41) is 2.77. The molecule has 0 aromatic heterocycles. The molecule has 1 unspecified atom stereocenters. The fourth-order valence-corrected chi connectivity index (χ4v) is 3.54. The minimum atomic E-state index is -3.60. The van der Waals surface area contributed by atoms with E-state index in [4.69, 9.17) is 9.47 Å². The van der Waals surface area contributed by atoms with E-state index in [1.807, 2.05) is 19.1 Å². The molecule has 1 atom stereocenters. The normalized spacial score (nSPS) is 12.1. The lowest BCUT2D eigenvalue weighted by Crippen LogP contribution is -2.44. The van der Waals surface area contributed by atoms with Crippen molar-refractivity contribution in [3.63, 3.8) is 0 Å². The third kappa shape index (κ3) is 6.98. The average molecular weight is 421 g/mol. The molecular weight excluding hydrogens is 392 g/mol. The highest BCUT2D eigenvalue weighted by molar-refractivity contribution is 7.92. The summed E-state index contributed by atoms with van der Waals surface area (Å²) in [6, 6.07) is 14.0. The molecular formula is C21H28N2O5S. The molecule has 2 rings (SSSR count). The van der Waals surface area contributed by atoms with Crippen LogP contribution in [0.1, 0.15) is 19.4 Å². The van der Waals surface area contributed by atoms with Crippen LogP contribution in [0.3, 0.4) is 0 Å². The third-order valence-corrected chi connectivity index (χ3v) is 5.43. The van der Waals surface area contributed by atoms with E-state index in [1.54, 1.807) is 50.4 Å². The number of methoxy groups -OCH3 is 1. The number of carbonyl (C=O) groups excluding carboxylic acids is 1. The smallest absolute Gasteiger partial charge is 0.241 e. The summed E-state index contributed by atoms with van der Waals surface area (Å²) < 4.78 is 36.2. The zero-order valence-electron chi connectivity index (χ0n) is 17.2. The minimum Gasteiger partial charge on any atom is -0.497 e. The second-order valence-electron chi connectivity index (χ2n) is 6.74. The first kappa shape index (κ1) is 22.5. The number of aryl methyl sites for hydroxylation is 1. The second-order valence-corrected chi connectivity index (χ2v) is 8.65. The Morgan fingerprint density at radius 1 is 1.07 bits per heavy atom. The van der Waals surface area contributed by atoms with Crippen LogP contribution in [0.5, 0.6) is 11.5 Å². The lowest BCUT2D eigenvalue weighted by atomic mass is 10.1. The van der Waals surface area contributed by atoms with Crippen molar-refractivity contribution in [2.45, 2.75) is 26.3 Å². The Balaban J connectivity index is 1.94. The van der Waals surface area contributed by atoms with Crippen LogP contribution < -0.4 is 19.1 Å². The Kier molecular flexibility index (Phi) is 7.90. The molecule has 0 saturated heterocycles. The van der Waals surface area contributed by atoms with Crippen LogP contribution >= 0.6 is 0 Å². The zero-order valence-corrected chi connectivity index (χ0v) is 18.0. The molecule has 0 spiro atoms. The van der Waals surface area contributed by atoms with Crippen molar-refractivity contribution < 1.29 is 22.7 Å². The van der Waals surface area contributed by atoms with Crippen LogP contribution in [0.15, 0.2) is 48.5 Å². The molecule has 0 bridgehead atoms. The maximum absolute atomic E-state index is 12.4. The summed E-state index contributed by atoms with van der Waals surface area (Å²) in [7, 11) is -2.01. The number of amides is 1. The van der Waals surface area contributed by atoms with Gasteiger partial charge in [-0.15, -0.1) is 0 Å². The average Bonchev–Trinajstić information content (AvgIpc) is 2.70. The van der Waals surface area contributed by atoms with E-state index in [1.165, 1.54) is 0 Å². The second kappa shape index (κ2) is 10.2. The predicted molar refractivity (Wildman–Crippen MR) is 114 cm³/mol. The van der Waals surface area contributed by atoms with Gasteiger partial charge in [0.05, 0.1) is 25.1 Å². The van der Waals surface area contributed by atoms with Crippen LogP contribution in [0.2, 0.25) is 0 Å². The zero-order chi connectivity index (χ0) is 21.4. The van der Waals surface area contributed by atoms with Crippen LogP contribution in [0.25, 0.3) is 0 Å². The van der Waals surface area contributed by atoms with Gasteiger partial charge >= 0.3 is 0 Å². The highest BCUT2D eigenvalue weighted by Gasteiger charge is 2.21. The Labute approximate surface area is 172 Å². The standard InChI is InChI=1S/C21H28N2O5S/c1-5-17-6-8-18(9-7-17)23(29(4,25)26)14-21(24)22-16(2)15-28-20-12-10-19(27-3)11-13-20/h6-13,16H,5,14-15H2,1-4H3,(H,22,24). The number of hydrogen-bond acceptors (Lipinski definition) is 5. The quantitative estimate of drug-likeness (QED) is 0.639. The molecule has 0 saturated carbocycles. The maximum atomic E-state index is 12.4. The van der Waals surface area contributed by atoms with E-state index >= 15 is 0 Å². The fraction of sp³-hybridized carbons (Fsp3) is 0.381. The monoisotopic (exact) mass is 420 g/mol. The number of anilines is 1. The van der Waals surface area contributed by atoms with Gasteiger partial charge in [0.2, 0.25) is 15.9 Å². The van der Waals surface area contributed by atoms with Gasteiger partial charge in [0.25, 0.3) is 0 Å². The Morgan fingerprint density at radius 2 is 1.66 bits per heavy atom. The lowest BCUT2D eigenvalue weighted by molar-refractivity contribution is -0.120. The van der Waals surface area contributed by atoms with Gasteiger partial charge in [-0.25, -0.2) is 8.42 Å². The number of nitrogens with one attached hydrogen (secondary N) is 1. The molecule has 0 aliphatic rings. The van der Waals surface area contributed by atoms with Crippen molar-refractivity contribution in [1.82, 2.24) is 5.32 Å². The van der Waals surface area contributed by atoms with E-state index in [9.17, 15) is 13.2 Å². The molecule has 158 valence electrons. The van der Waals surface area contributed by atoms with Crippen LogP contribution in [0, 0.1) is 0 Å². The lowest BCUT2D eigenvalue weighted by Gasteiger charge is -2.23. The molecule has 1 N–H and O–H groups in total. The van der Waals surface area contributed by atoms with Gasteiger partial charge in [0.1, 0.15) is 24.7 Å².